The Balaban J connectivity index is 1.96. The van der Waals surface area contributed by atoms with Crippen LogP contribution in [0.3, 0.4) is 0 Å². The van der Waals surface area contributed by atoms with E-state index in [1.165, 1.54) is 36.8 Å². The van der Waals surface area contributed by atoms with Crippen molar-refractivity contribution in [2.45, 2.75) is 59.0 Å². The highest BCUT2D eigenvalue weighted by atomic mass is 14.9. The number of benzene rings is 1. The van der Waals surface area contributed by atoms with E-state index >= 15 is 0 Å². The van der Waals surface area contributed by atoms with Crippen LogP contribution in [0.5, 0.6) is 0 Å². The van der Waals surface area contributed by atoms with Gasteiger partial charge in [-0.05, 0) is 36.3 Å². The number of nitrogens with one attached hydrogen (secondary N) is 1. The summed E-state index contributed by atoms with van der Waals surface area (Å²) < 4.78 is 0. The third-order valence-corrected chi connectivity index (χ3v) is 4.31. The summed E-state index contributed by atoms with van der Waals surface area (Å²) in [5.41, 5.74) is 3.29. The smallest absolute Gasteiger partial charge is 0.0210 e. The summed E-state index contributed by atoms with van der Waals surface area (Å²) in [7, 11) is 0. The fourth-order valence-corrected chi connectivity index (χ4v) is 2.91. The van der Waals surface area contributed by atoms with Gasteiger partial charge < -0.3 is 5.32 Å². The average molecular weight is 231 g/mol. The van der Waals surface area contributed by atoms with E-state index < -0.39 is 0 Å². The molecule has 1 N–H and O–H groups in total. The van der Waals surface area contributed by atoms with Gasteiger partial charge in [-0.15, -0.1) is 0 Å². The number of rotatable bonds is 3. The van der Waals surface area contributed by atoms with E-state index in [2.05, 4.69) is 50.4 Å². The van der Waals surface area contributed by atoms with Crippen LogP contribution in [0.1, 0.15) is 50.7 Å². The minimum Gasteiger partial charge on any atom is -0.309 e. The highest BCUT2D eigenvalue weighted by Gasteiger charge is 2.31. The number of aryl methyl sites for hydroxylation is 1. The molecule has 1 aromatic rings. The molecule has 1 nitrogen and oxygen atoms in total. The van der Waals surface area contributed by atoms with Crippen molar-refractivity contribution in [3.8, 4) is 0 Å². The lowest BCUT2D eigenvalue weighted by atomic mass is 9.73. The van der Waals surface area contributed by atoms with Crippen molar-refractivity contribution in [1.29, 1.82) is 0 Å². The van der Waals surface area contributed by atoms with Crippen molar-refractivity contribution < 1.29 is 0 Å². The first kappa shape index (κ1) is 12.6. The molecule has 0 spiro atoms. The second-order valence-corrected chi connectivity index (χ2v) is 6.09. The van der Waals surface area contributed by atoms with Gasteiger partial charge in [0.05, 0.1) is 0 Å². The van der Waals surface area contributed by atoms with Crippen LogP contribution < -0.4 is 5.32 Å². The summed E-state index contributed by atoms with van der Waals surface area (Å²) in [5, 5.41) is 3.77. The molecule has 1 atom stereocenters. The monoisotopic (exact) mass is 231 g/mol. The molecule has 1 saturated carbocycles. The van der Waals surface area contributed by atoms with E-state index in [1.54, 1.807) is 0 Å². The lowest BCUT2D eigenvalue weighted by molar-refractivity contribution is 0.166. The standard InChI is InChI=1S/C16H25N/c1-13-8-4-5-9-14(13)12-17-15-10-6-7-11-16(15,2)3/h4-5,8-9,15,17H,6-7,10-12H2,1-3H3. The van der Waals surface area contributed by atoms with Gasteiger partial charge in [0.25, 0.3) is 0 Å². The molecule has 1 heteroatoms. The van der Waals surface area contributed by atoms with Crippen molar-refractivity contribution in [1.82, 2.24) is 5.32 Å². The molecule has 0 radical (unpaired) electrons. The van der Waals surface area contributed by atoms with Crippen molar-refractivity contribution in [2.75, 3.05) is 0 Å². The molecule has 1 aliphatic carbocycles. The van der Waals surface area contributed by atoms with Crippen LogP contribution in [0, 0.1) is 12.3 Å². The van der Waals surface area contributed by atoms with Crippen LogP contribution in [0.4, 0.5) is 0 Å². The Hall–Kier alpha value is -0.820. The van der Waals surface area contributed by atoms with Gasteiger partial charge in [-0.3, -0.25) is 0 Å². The molecule has 1 fully saturated rings. The largest absolute Gasteiger partial charge is 0.309 e. The number of hydrogen-bond donors (Lipinski definition) is 1. The average Bonchev–Trinajstić information content (AvgIpc) is 2.29. The SMILES string of the molecule is Cc1ccccc1CNC1CCCCC1(C)C. The van der Waals surface area contributed by atoms with Crippen LogP contribution >= 0.6 is 0 Å². The normalized spacial score (nSPS) is 23.6. The lowest BCUT2D eigenvalue weighted by Gasteiger charge is -2.39. The van der Waals surface area contributed by atoms with Gasteiger partial charge in [0.15, 0.2) is 0 Å². The van der Waals surface area contributed by atoms with Crippen molar-refractivity contribution >= 4 is 0 Å². The summed E-state index contributed by atoms with van der Waals surface area (Å²) in [5.74, 6) is 0. The van der Waals surface area contributed by atoms with E-state index in [9.17, 15) is 0 Å². The zero-order chi connectivity index (χ0) is 12.3. The molecule has 0 heterocycles. The topological polar surface area (TPSA) is 12.0 Å². The first-order chi connectivity index (χ1) is 8.09. The molecule has 0 amide bonds. The first-order valence-corrected chi connectivity index (χ1v) is 6.87. The van der Waals surface area contributed by atoms with E-state index in [0.29, 0.717) is 11.5 Å². The lowest BCUT2D eigenvalue weighted by Crippen LogP contribution is -2.43. The predicted octanol–water partition coefficient (Wildman–Crippen LogP) is 4.05. The van der Waals surface area contributed by atoms with Gasteiger partial charge in [-0.2, -0.15) is 0 Å². The van der Waals surface area contributed by atoms with E-state index in [-0.39, 0.29) is 0 Å². The third kappa shape index (κ3) is 3.10. The Morgan fingerprint density at radius 2 is 2.00 bits per heavy atom. The fraction of sp³-hybridized carbons (Fsp3) is 0.625. The molecule has 0 aliphatic heterocycles. The summed E-state index contributed by atoms with van der Waals surface area (Å²) in [6.07, 6.45) is 5.47. The van der Waals surface area contributed by atoms with Crippen LogP contribution in [0.2, 0.25) is 0 Å². The molecular formula is C16H25N. The maximum atomic E-state index is 3.77. The van der Waals surface area contributed by atoms with Gasteiger partial charge in [0.1, 0.15) is 0 Å². The Labute approximate surface area is 106 Å². The van der Waals surface area contributed by atoms with Gasteiger partial charge in [-0.1, -0.05) is 51.0 Å². The predicted molar refractivity (Wildman–Crippen MR) is 74.1 cm³/mol. The molecule has 1 aromatic carbocycles. The first-order valence-electron chi connectivity index (χ1n) is 6.87. The van der Waals surface area contributed by atoms with Gasteiger partial charge in [0, 0.05) is 12.6 Å². The van der Waals surface area contributed by atoms with E-state index in [4.69, 9.17) is 0 Å². The summed E-state index contributed by atoms with van der Waals surface area (Å²) in [4.78, 5) is 0. The van der Waals surface area contributed by atoms with Crippen LogP contribution in [-0.4, -0.2) is 6.04 Å². The minimum atomic E-state index is 0.459. The van der Waals surface area contributed by atoms with Crippen molar-refractivity contribution in [2.24, 2.45) is 5.41 Å². The van der Waals surface area contributed by atoms with Gasteiger partial charge in [0.2, 0.25) is 0 Å². The molecule has 94 valence electrons. The Morgan fingerprint density at radius 1 is 1.24 bits per heavy atom. The molecule has 1 unspecified atom stereocenters. The summed E-state index contributed by atoms with van der Waals surface area (Å²) in [6, 6.07) is 9.36. The Bertz CT molecular complexity index is 368. The van der Waals surface area contributed by atoms with E-state index in [0.717, 1.165) is 6.54 Å². The van der Waals surface area contributed by atoms with Gasteiger partial charge in [-0.25, -0.2) is 0 Å². The highest BCUT2D eigenvalue weighted by Crippen LogP contribution is 2.35. The Morgan fingerprint density at radius 3 is 2.71 bits per heavy atom. The molecule has 0 bridgehead atoms. The quantitative estimate of drug-likeness (QED) is 0.827. The fourth-order valence-electron chi connectivity index (χ4n) is 2.91. The molecule has 17 heavy (non-hydrogen) atoms. The second-order valence-electron chi connectivity index (χ2n) is 6.09. The maximum absolute atomic E-state index is 3.77. The van der Waals surface area contributed by atoms with Crippen LogP contribution in [0.15, 0.2) is 24.3 Å². The molecule has 0 aromatic heterocycles. The third-order valence-electron chi connectivity index (χ3n) is 4.31. The molecule has 0 saturated heterocycles. The summed E-state index contributed by atoms with van der Waals surface area (Å²) >= 11 is 0. The van der Waals surface area contributed by atoms with E-state index in [1.807, 2.05) is 0 Å². The van der Waals surface area contributed by atoms with Gasteiger partial charge >= 0.3 is 0 Å². The van der Waals surface area contributed by atoms with Crippen LogP contribution in [0.25, 0.3) is 0 Å². The molecular weight excluding hydrogens is 206 g/mol. The highest BCUT2D eigenvalue weighted by molar-refractivity contribution is 5.25. The van der Waals surface area contributed by atoms with Crippen LogP contribution in [-0.2, 0) is 6.54 Å². The second kappa shape index (κ2) is 5.22. The Kier molecular flexibility index (Phi) is 3.88. The zero-order valence-corrected chi connectivity index (χ0v) is 11.4. The maximum Gasteiger partial charge on any atom is 0.0210 e. The number of hydrogen-bond acceptors (Lipinski definition) is 1. The molecule has 1 aliphatic rings. The molecule has 2 rings (SSSR count). The minimum absolute atomic E-state index is 0.459. The van der Waals surface area contributed by atoms with Crippen molar-refractivity contribution in [3.05, 3.63) is 35.4 Å². The van der Waals surface area contributed by atoms with Crippen molar-refractivity contribution in [3.63, 3.8) is 0 Å². The zero-order valence-electron chi connectivity index (χ0n) is 11.4. The summed E-state index contributed by atoms with van der Waals surface area (Å²) in [6.45, 7) is 8.02.